The zero-order valence-corrected chi connectivity index (χ0v) is 14.0. The minimum absolute atomic E-state index is 0.439. The maximum absolute atomic E-state index is 10.7. The molecule has 0 amide bonds. The molecule has 0 aliphatic rings. The Morgan fingerprint density at radius 2 is 1.33 bits per heavy atom. The number of aryl methyl sites for hydroxylation is 4. The Bertz CT molecular complexity index is 642. The Kier molecular flexibility index (Phi) is 4.53. The summed E-state index contributed by atoms with van der Waals surface area (Å²) < 4.78 is 0. The molecule has 0 fully saturated rings. The van der Waals surface area contributed by atoms with Gasteiger partial charge in [0.15, 0.2) is 0 Å². The van der Waals surface area contributed by atoms with E-state index in [9.17, 15) is 5.11 Å². The third-order valence-electron chi connectivity index (χ3n) is 4.76. The van der Waals surface area contributed by atoms with Crippen molar-refractivity contribution >= 4 is 0 Å². The summed E-state index contributed by atoms with van der Waals surface area (Å²) in [5.41, 5.74) is 9.83. The zero-order valence-electron chi connectivity index (χ0n) is 14.0. The summed E-state index contributed by atoms with van der Waals surface area (Å²) in [6.07, 6.45) is 0.233. The molecule has 1 nitrogen and oxygen atoms in total. The molecule has 2 aromatic rings. The molecule has 1 unspecified atom stereocenters. The number of hydrogen-bond acceptors (Lipinski definition) is 1. The van der Waals surface area contributed by atoms with Crippen LogP contribution in [0.4, 0.5) is 0 Å². The predicted molar refractivity (Wildman–Crippen MR) is 90.0 cm³/mol. The molecule has 21 heavy (non-hydrogen) atoms. The van der Waals surface area contributed by atoms with E-state index >= 15 is 0 Å². The molecule has 112 valence electrons. The van der Waals surface area contributed by atoms with Crippen LogP contribution in [0.25, 0.3) is 0 Å². The highest BCUT2D eigenvalue weighted by Crippen LogP contribution is 2.29. The highest BCUT2D eigenvalue weighted by atomic mass is 16.3. The monoisotopic (exact) mass is 282 g/mol. The van der Waals surface area contributed by atoms with Gasteiger partial charge >= 0.3 is 0 Å². The first-order valence-electron chi connectivity index (χ1n) is 7.62. The molecule has 0 saturated heterocycles. The Hall–Kier alpha value is -1.60. The average molecular weight is 282 g/mol. The van der Waals surface area contributed by atoms with Gasteiger partial charge in [-0.15, -0.1) is 0 Å². The molecule has 2 aromatic carbocycles. The van der Waals surface area contributed by atoms with Crippen molar-refractivity contribution in [3.63, 3.8) is 0 Å². The van der Waals surface area contributed by atoms with Crippen molar-refractivity contribution in [3.8, 4) is 0 Å². The fraction of sp³-hybridized carbons (Fsp3) is 0.400. The Morgan fingerprint density at radius 1 is 0.762 bits per heavy atom. The summed E-state index contributed by atoms with van der Waals surface area (Å²) in [4.78, 5) is 0. The number of benzene rings is 2. The van der Waals surface area contributed by atoms with Gasteiger partial charge in [-0.2, -0.15) is 0 Å². The van der Waals surface area contributed by atoms with Gasteiger partial charge in [0, 0.05) is 6.42 Å². The molecular weight excluding hydrogens is 256 g/mol. The van der Waals surface area contributed by atoms with Crippen molar-refractivity contribution in [2.45, 2.75) is 54.1 Å². The molecule has 0 saturated carbocycles. The van der Waals surface area contributed by atoms with Crippen LogP contribution < -0.4 is 0 Å². The van der Waals surface area contributed by atoms with Gasteiger partial charge in [0.25, 0.3) is 0 Å². The third kappa shape index (κ3) is 3.19. The maximum Gasteiger partial charge on any atom is 0.0835 e. The smallest absolute Gasteiger partial charge is 0.0835 e. The van der Waals surface area contributed by atoms with E-state index in [1.54, 1.807) is 0 Å². The first-order chi connectivity index (χ1) is 9.81. The van der Waals surface area contributed by atoms with E-state index in [1.165, 1.54) is 38.9 Å². The fourth-order valence-electron chi connectivity index (χ4n) is 3.00. The van der Waals surface area contributed by atoms with Crippen LogP contribution in [0.5, 0.6) is 0 Å². The first-order valence-corrected chi connectivity index (χ1v) is 7.62. The number of aliphatic hydroxyl groups is 1. The molecule has 0 radical (unpaired) electrons. The van der Waals surface area contributed by atoms with Gasteiger partial charge in [0.2, 0.25) is 0 Å². The topological polar surface area (TPSA) is 20.2 Å². The molecule has 0 aliphatic heterocycles. The summed E-state index contributed by atoms with van der Waals surface area (Å²) in [6.45, 7) is 12.7. The van der Waals surface area contributed by atoms with Gasteiger partial charge < -0.3 is 5.11 Å². The lowest BCUT2D eigenvalue weighted by Gasteiger charge is -2.20. The highest BCUT2D eigenvalue weighted by Gasteiger charge is 2.17. The standard InChI is InChI=1S/C20H26O/c1-12-7-8-18(10-13(12)2)11-19(21)20-16(5)14(3)9-15(4)17(20)6/h7-10,19,21H,11H2,1-6H3. The van der Waals surface area contributed by atoms with Crippen molar-refractivity contribution < 1.29 is 5.11 Å². The second-order valence-corrected chi connectivity index (χ2v) is 6.31. The van der Waals surface area contributed by atoms with Gasteiger partial charge in [-0.05, 0) is 86.1 Å². The van der Waals surface area contributed by atoms with E-state index in [0.717, 1.165) is 5.56 Å². The maximum atomic E-state index is 10.7. The lowest BCUT2D eigenvalue weighted by Crippen LogP contribution is -2.09. The summed E-state index contributed by atoms with van der Waals surface area (Å²) in [5, 5.41) is 10.7. The summed E-state index contributed by atoms with van der Waals surface area (Å²) >= 11 is 0. The van der Waals surface area contributed by atoms with E-state index in [0.29, 0.717) is 6.42 Å². The normalized spacial score (nSPS) is 12.5. The number of aliphatic hydroxyl groups excluding tert-OH is 1. The molecule has 0 aliphatic carbocycles. The van der Waals surface area contributed by atoms with E-state index in [-0.39, 0.29) is 0 Å². The molecular formula is C20H26O. The highest BCUT2D eigenvalue weighted by molar-refractivity contribution is 5.45. The van der Waals surface area contributed by atoms with Crippen molar-refractivity contribution in [2.75, 3.05) is 0 Å². The Labute approximate surface area is 128 Å². The predicted octanol–water partition coefficient (Wildman–Crippen LogP) is 4.81. The van der Waals surface area contributed by atoms with E-state index < -0.39 is 6.10 Å². The lowest BCUT2D eigenvalue weighted by molar-refractivity contribution is 0.177. The van der Waals surface area contributed by atoms with Crippen LogP contribution in [0.3, 0.4) is 0 Å². The number of hydrogen-bond donors (Lipinski definition) is 1. The Balaban J connectivity index is 2.36. The van der Waals surface area contributed by atoms with Crippen LogP contribution in [0, 0.1) is 41.5 Å². The van der Waals surface area contributed by atoms with Crippen LogP contribution in [0.2, 0.25) is 0 Å². The van der Waals surface area contributed by atoms with Gasteiger partial charge in [-0.25, -0.2) is 0 Å². The van der Waals surface area contributed by atoms with E-state index in [2.05, 4.69) is 65.8 Å². The third-order valence-corrected chi connectivity index (χ3v) is 4.76. The fourth-order valence-corrected chi connectivity index (χ4v) is 3.00. The molecule has 0 spiro atoms. The minimum Gasteiger partial charge on any atom is -0.388 e. The van der Waals surface area contributed by atoms with Gasteiger partial charge in [0.05, 0.1) is 6.10 Å². The zero-order chi connectivity index (χ0) is 15.7. The van der Waals surface area contributed by atoms with Gasteiger partial charge in [0.1, 0.15) is 0 Å². The largest absolute Gasteiger partial charge is 0.388 e. The molecule has 0 bridgehead atoms. The van der Waals surface area contributed by atoms with Crippen LogP contribution in [-0.4, -0.2) is 5.11 Å². The molecule has 0 aromatic heterocycles. The molecule has 2 rings (SSSR count). The van der Waals surface area contributed by atoms with Crippen LogP contribution in [0.1, 0.15) is 50.6 Å². The molecule has 1 heteroatoms. The summed E-state index contributed by atoms with van der Waals surface area (Å²) in [6, 6.07) is 8.65. The van der Waals surface area contributed by atoms with Crippen molar-refractivity contribution in [2.24, 2.45) is 0 Å². The van der Waals surface area contributed by atoms with Gasteiger partial charge in [-0.1, -0.05) is 24.3 Å². The SMILES string of the molecule is Cc1ccc(CC(O)c2c(C)c(C)cc(C)c2C)cc1C. The molecule has 1 atom stereocenters. The van der Waals surface area contributed by atoms with Crippen LogP contribution >= 0.6 is 0 Å². The van der Waals surface area contributed by atoms with Crippen LogP contribution in [-0.2, 0) is 6.42 Å². The van der Waals surface area contributed by atoms with Crippen molar-refractivity contribution in [1.82, 2.24) is 0 Å². The number of rotatable bonds is 3. The Morgan fingerprint density at radius 3 is 1.86 bits per heavy atom. The van der Waals surface area contributed by atoms with Gasteiger partial charge in [-0.3, -0.25) is 0 Å². The van der Waals surface area contributed by atoms with Crippen molar-refractivity contribution in [1.29, 1.82) is 0 Å². The van der Waals surface area contributed by atoms with E-state index in [4.69, 9.17) is 0 Å². The first kappa shape index (κ1) is 15.8. The van der Waals surface area contributed by atoms with Crippen LogP contribution in [0.15, 0.2) is 24.3 Å². The second kappa shape index (κ2) is 6.03. The summed E-state index contributed by atoms with van der Waals surface area (Å²) in [7, 11) is 0. The quantitative estimate of drug-likeness (QED) is 0.856. The minimum atomic E-state index is -0.439. The average Bonchev–Trinajstić information content (AvgIpc) is 2.41. The lowest BCUT2D eigenvalue weighted by atomic mass is 9.88. The second-order valence-electron chi connectivity index (χ2n) is 6.31. The van der Waals surface area contributed by atoms with E-state index in [1.807, 2.05) is 0 Å². The summed E-state index contributed by atoms with van der Waals surface area (Å²) in [5.74, 6) is 0. The molecule has 0 heterocycles. The van der Waals surface area contributed by atoms with Crippen molar-refractivity contribution in [3.05, 3.63) is 68.8 Å². The molecule has 1 N–H and O–H groups in total.